The molecule has 2 aromatic heterocycles. The molecule has 4 rings (SSSR count). The average molecular weight is 497 g/mol. The van der Waals surface area contributed by atoms with Gasteiger partial charge in [-0.1, -0.05) is 6.07 Å². The van der Waals surface area contributed by atoms with Gasteiger partial charge in [0.25, 0.3) is 15.9 Å². The van der Waals surface area contributed by atoms with Gasteiger partial charge in [-0.2, -0.15) is 4.31 Å². The monoisotopic (exact) mass is 496 g/mol. The Kier molecular flexibility index (Phi) is 7.17. The number of hydrogen-bond acceptors (Lipinski definition) is 8. The number of nitrogens with zero attached hydrogens (tertiary/aromatic N) is 4. The second-order valence-electron chi connectivity index (χ2n) is 8.21. The van der Waals surface area contributed by atoms with Gasteiger partial charge in [0, 0.05) is 39.1 Å². The maximum absolute atomic E-state index is 12.8. The van der Waals surface area contributed by atoms with E-state index in [1.165, 1.54) is 13.1 Å². The van der Waals surface area contributed by atoms with E-state index >= 15 is 0 Å². The van der Waals surface area contributed by atoms with E-state index in [9.17, 15) is 18.0 Å². The van der Waals surface area contributed by atoms with Crippen molar-refractivity contribution in [1.82, 2.24) is 19.1 Å². The second kappa shape index (κ2) is 9.92. The fourth-order valence-electron chi connectivity index (χ4n) is 4.02. The Balaban J connectivity index is 1.33. The maximum Gasteiger partial charge on any atom is 0.276 e. The van der Waals surface area contributed by atoms with Gasteiger partial charge in [-0.05, 0) is 31.2 Å². The number of aryl methyl sites for hydroxylation is 1. The van der Waals surface area contributed by atoms with Gasteiger partial charge in [-0.3, -0.25) is 9.59 Å². The molecule has 2 aromatic rings. The predicted octanol–water partition coefficient (Wildman–Crippen LogP) is 1.54. The fourth-order valence-corrected chi connectivity index (χ4v) is 6.34. The quantitative estimate of drug-likeness (QED) is 0.596. The van der Waals surface area contributed by atoms with Crippen LogP contribution in [-0.2, 0) is 19.6 Å². The molecule has 0 aromatic carbocycles. The summed E-state index contributed by atoms with van der Waals surface area (Å²) in [4.78, 5) is 33.4. The van der Waals surface area contributed by atoms with Crippen LogP contribution in [0.2, 0.25) is 0 Å². The summed E-state index contributed by atoms with van der Waals surface area (Å²) in [7, 11) is -2.25. The number of carbonyl (C=O) groups is 2. The van der Waals surface area contributed by atoms with Gasteiger partial charge in [0.15, 0.2) is 11.6 Å². The number of aromatic nitrogens is 1. The lowest BCUT2D eigenvalue weighted by Crippen LogP contribution is -2.44. The number of piperidine rings is 1. The van der Waals surface area contributed by atoms with Crippen LogP contribution in [0.25, 0.3) is 0 Å². The van der Waals surface area contributed by atoms with Crippen molar-refractivity contribution in [1.29, 1.82) is 0 Å². The maximum atomic E-state index is 12.8. The summed E-state index contributed by atoms with van der Waals surface area (Å²) in [6.45, 7) is 4.61. The van der Waals surface area contributed by atoms with E-state index in [1.807, 2.05) is 0 Å². The van der Waals surface area contributed by atoms with E-state index < -0.39 is 10.0 Å². The number of oxazole rings is 1. The Morgan fingerprint density at radius 2 is 1.88 bits per heavy atom. The van der Waals surface area contributed by atoms with Gasteiger partial charge < -0.3 is 19.0 Å². The molecule has 0 bridgehead atoms. The zero-order valence-electron chi connectivity index (χ0n) is 18.7. The summed E-state index contributed by atoms with van der Waals surface area (Å²) in [6.07, 6.45) is 1.27. The molecule has 10 nitrogen and oxygen atoms in total. The number of ether oxygens (including phenoxy) is 1. The Labute approximate surface area is 197 Å². The van der Waals surface area contributed by atoms with Gasteiger partial charge in [0.05, 0.1) is 19.8 Å². The number of likely N-dealkylation sites (tertiary alicyclic amines) is 1. The number of thiophene rings is 1. The summed E-state index contributed by atoms with van der Waals surface area (Å²) >= 11 is 1.13. The van der Waals surface area contributed by atoms with E-state index in [4.69, 9.17) is 9.15 Å². The van der Waals surface area contributed by atoms with Crippen molar-refractivity contribution in [3.63, 3.8) is 0 Å². The lowest BCUT2D eigenvalue weighted by Gasteiger charge is -2.31. The topological polar surface area (TPSA) is 113 Å². The molecule has 0 unspecified atom stereocenters. The summed E-state index contributed by atoms with van der Waals surface area (Å²) < 4.78 is 37.6. The van der Waals surface area contributed by atoms with Crippen LogP contribution in [-0.4, -0.2) is 92.3 Å². The number of rotatable bonds is 6. The molecule has 2 aliphatic rings. The Hall–Kier alpha value is -2.28. The third-order valence-corrected chi connectivity index (χ3v) is 9.20. The molecular weight excluding hydrogens is 468 g/mol. The summed E-state index contributed by atoms with van der Waals surface area (Å²) in [5, 5.41) is 1.69. The van der Waals surface area contributed by atoms with Crippen molar-refractivity contribution < 1.29 is 27.2 Å². The molecule has 33 heavy (non-hydrogen) atoms. The van der Waals surface area contributed by atoms with Crippen LogP contribution in [0.4, 0.5) is 0 Å². The van der Waals surface area contributed by atoms with Gasteiger partial charge in [-0.25, -0.2) is 13.4 Å². The first kappa shape index (κ1) is 23.9. The highest BCUT2D eigenvalue weighted by molar-refractivity contribution is 7.91. The molecular formula is C21H28N4O6S2. The number of carbonyl (C=O) groups excluding carboxylic acids is 2. The Morgan fingerprint density at radius 3 is 2.52 bits per heavy atom. The highest BCUT2D eigenvalue weighted by Gasteiger charge is 2.32. The average Bonchev–Trinajstić information content (AvgIpc) is 3.50. The molecule has 2 fully saturated rings. The molecule has 0 aliphatic carbocycles. The standard InChI is InChI=1S/C21H28N4O6S2/c1-15-19(21(27)25-9-11-30-12-10-25)22-20(31-15)16-5-7-24(8-6-16)17(26)14-23(2)33(28,29)18-4-3-13-32-18/h3-4,13,16H,5-12,14H2,1-2H3. The fraction of sp³-hybridized carbons (Fsp3) is 0.571. The van der Waals surface area contributed by atoms with Crippen molar-refractivity contribution in [3.8, 4) is 0 Å². The van der Waals surface area contributed by atoms with Gasteiger partial charge in [0.2, 0.25) is 5.91 Å². The summed E-state index contributed by atoms with van der Waals surface area (Å²) in [5.74, 6) is 0.650. The minimum absolute atomic E-state index is 0.00608. The zero-order valence-corrected chi connectivity index (χ0v) is 20.4. The summed E-state index contributed by atoms with van der Waals surface area (Å²) in [6, 6.07) is 3.20. The van der Waals surface area contributed by atoms with Crippen LogP contribution in [0.3, 0.4) is 0 Å². The highest BCUT2D eigenvalue weighted by Crippen LogP contribution is 2.29. The first-order chi connectivity index (χ1) is 15.8. The molecule has 2 aliphatic heterocycles. The van der Waals surface area contributed by atoms with Gasteiger partial charge >= 0.3 is 0 Å². The summed E-state index contributed by atoms with van der Waals surface area (Å²) in [5.41, 5.74) is 0.339. The van der Waals surface area contributed by atoms with Crippen molar-refractivity contribution in [2.24, 2.45) is 0 Å². The van der Waals surface area contributed by atoms with Crippen LogP contribution < -0.4 is 0 Å². The van der Waals surface area contributed by atoms with E-state index in [1.54, 1.807) is 28.2 Å². The van der Waals surface area contributed by atoms with E-state index in [2.05, 4.69) is 4.98 Å². The van der Waals surface area contributed by atoms with Crippen molar-refractivity contribution in [2.75, 3.05) is 53.0 Å². The largest absolute Gasteiger partial charge is 0.445 e. The number of hydrogen-bond donors (Lipinski definition) is 0. The Bertz CT molecular complexity index is 1080. The molecule has 4 heterocycles. The van der Waals surface area contributed by atoms with Crippen molar-refractivity contribution in [2.45, 2.75) is 29.9 Å². The molecule has 0 spiro atoms. The first-order valence-electron chi connectivity index (χ1n) is 10.9. The molecule has 0 saturated carbocycles. The van der Waals surface area contributed by atoms with Crippen LogP contribution in [0.5, 0.6) is 0 Å². The highest BCUT2D eigenvalue weighted by atomic mass is 32.2. The van der Waals surface area contributed by atoms with Crippen LogP contribution >= 0.6 is 11.3 Å². The lowest BCUT2D eigenvalue weighted by molar-refractivity contribution is -0.132. The zero-order chi connectivity index (χ0) is 23.6. The SMILES string of the molecule is Cc1oc(C2CCN(C(=O)CN(C)S(=O)(=O)c3cccs3)CC2)nc1C(=O)N1CCOCC1. The third kappa shape index (κ3) is 5.13. The molecule has 12 heteroatoms. The molecule has 180 valence electrons. The predicted molar refractivity (Wildman–Crippen MR) is 121 cm³/mol. The smallest absolute Gasteiger partial charge is 0.276 e. The second-order valence-corrected chi connectivity index (χ2v) is 11.4. The van der Waals surface area contributed by atoms with Crippen molar-refractivity contribution >= 4 is 33.2 Å². The van der Waals surface area contributed by atoms with Gasteiger partial charge in [0.1, 0.15) is 9.97 Å². The van der Waals surface area contributed by atoms with Crippen LogP contribution in [0, 0.1) is 6.92 Å². The molecule has 2 saturated heterocycles. The van der Waals surface area contributed by atoms with E-state index in [0.29, 0.717) is 69.6 Å². The molecule has 0 radical (unpaired) electrons. The minimum atomic E-state index is -3.67. The lowest BCUT2D eigenvalue weighted by atomic mass is 9.97. The van der Waals surface area contributed by atoms with Crippen LogP contribution in [0.15, 0.2) is 26.1 Å². The van der Waals surface area contributed by atoms with Crippen LogP contribution in [0.1, 0.15) is 40.9 Å². The molecule has 0 N–H and O–H groups in total. The van der Waals surface area contributed by atoms with E-state index in [-0.39, 0.29) is 28.5 Å². The molecule has 2 amide bonds. The van der Waals surface area contributed by atoms with Gasteiger partial charge in [-0.15, -0.1) is 11.3 Å². The number of sulfonamides is 1. The number of morpholine rings is 1. The van der Waals surface area contributed by atoms with E-state index in [0.717, 1.165) is 15.6 Å². The minimum Gasteiger partial charge on any atom is -0.445 e. The normalized spacial score (nSPS) is 18.2. The number of likely N-dealkylation sites (N-methyl/N-ethyl adjacent to an activating group) is 1. The number of amides is 2. The Morgan fingerprint density at radius 1 is 1.18 bits per heavy atom. The molecule has 0 atom stereocenters. The first-order valence-corrected chi connectivity index (χ1v) is 13.2. The third-order valence-electron chi connectivity index (χ3n) is 6.03. The van der Waals surface area contributed by atoms with Crippen molar-refractivity contribution in [3.05, 3.63) is 34.9 Å².